The zero-order valence-corrected chi connectivity index (χ0v) is 14.9. The molecule has 1 N–H and O–H groups in total. The molecular weight excluding hydrogens is 334 g/mol. The van der Waals surface area contributed by atoms with Gasteiger partial charge >= 0.3 is 0 Å². The number of nitrogens with one attached hydrogen (secondary N) is 1. The molecule has 1 atom stereocenters. The van der Waals surface area contributed by atoms with E-state index >= 15 is 0 Å². The number of aromatic nitrogens is 2. The van der Waals surface area contributed by atoms with Crippen molar-refractivity contribution in [3.05, 3.63) is 38.5 Å². The van der Waals surface area contributed by atoms with Crippen molar-refractivity contribution in [2.45, 2.75) is 46.1 Å². The number of nitrogens with zero attached hydrogens (tertiary/aromatic N) is 2. The van der Waals surface area contributed by atoms with E-state index in [1.54, 1.807) is 11.3 Å². The maximum Gasteiger partial charge on any atom is 0.106 e. The van der Waals surface area contributed by atoms with Gasteiger partial charge in [-0.1, -0.05) is 20.8 Å². The number of rotatable bonds is 3. The molecule has 0 saturated heterocycles. The van der Waals surface area contributed by atoms with Crippen molar-refractivity contribution in [2.75, 3.05) is 5.32 Å². The van der Waals surface area contributed by atoms with Crippen molar-refractivity contribution >= 4 is 33.0 Å². The fourth-order valence-corrected chi connectivity index (χ4v) is 3.27. The Kier molecular flexibility index (Phi) is 4.49. The summed E-state index contributed by atoms with van der Waals surface area (Å²) in [6, 6.07) is 4.19. The number of halogens is 1. The van der Waals surface area contributed by atoms with Gasteiger partial charge in [0.15, 0.2) is 0 Å². The van der Waals surface area contributed by atoms with E-state index in [0.29, 0.717) is 0 Å². The molecule has 2 heterocycles. The van der Waals surface area contributed by atoms with E-state index in [1.165, 1.54) is 9.88 Å². The topological polar surface area (TPSA) is 37.8 Å². The molecule has 0 bridgehead atoms. The maximum absolute atomic E-state index is 4.71. The van der Waals surface area contributed by atoms with Gasteiger partial charge in [0.1, 0.15) is 4.60 Å². The Labute approximate surface area is 133 Å². The highest BCUT2D eigenvalue weighted by molar-refractivity contribution is 9.10. The molecular formula is C15H20BrN3S. The third kappa shape index (κ3) is 3.58. The molecule has 20 heavy (non-hydrogen) atoms. The smallest absolute Gasteiger partial charge is 0.106 e. The molecule has 2 rings (SSSR count). The van der Waals surface area contributed by atoms with Gasteiger partial charge < -0.3 is 5.32 Å². The van der Waals surface area contributed by atoms with E-state index in [2.05, 4.69) is 60.8 Å². The number of hydrogen-bond donors (Lipinski definition) is 1. The molecule has 0 amide bonds. The molecule has 0 aliphatic carbocycles. The van der Waals surface area contributed by atoms with Crippen molar-refractivity contribution in [3.63, 3.8) is 0 Å². The van der Waals surface area contributed by atoms with Crippen LogP contribution in [0.4, 0.5) is 5.69 Å². The zero-order chi connectivity index (χ0) is 14.9. The van der Waals surface area contributed by atoms with Crippen LogP contribution >= 0.6 is 27.3 Å². The molecule has 2 aromatic rings. The Bertz CT molecular complexity index is 584. The van der Waals surface area contributed by atoms with E-state index in [1.807, 2.05) is 18.3 Å². The number of anilines is 1. The summed E-state index contributed by atoms with van der Waals surface area (Å²) >= 11 is 5.14. The van der Waals surface area contributed by atoms with E-state index in [-0.39, 0.29) is 11.5 Å². The lowest BCUT2D eigenvalue weighted by molar-refractivity contribution is 0.584. The van der Waals surface area contributed by atoms with Crippen LogP contribution in [0.5, 0.6) is 0 Å². The van der Waals surface area contributed by atoms with Crippen LogP contribution in [0.15, 0.2) is 22.9 Å². The second-order valence-corrected chi connectivity index (χ2v) is 7.80. The zero-order valence-electron chi connectivity index (χ0n) is 12.5. The van der Waals surface area contributed by atoms with Gasteiger partial charge in [-0.05, 0) is 41.9 Å². The standard InChI is InChI=1S/C15H20BrN3S/c1-9(18-11-6-7-12(16)17-8-11)13-10(2)19-14(20-13)15(3,4)5/h6-9,18H,1-5H3. The third-order valence-electron chi connectivity index (χ3n) is 2.98. The van der Waals surface area contributed by atoms with Gasteiger partial charge in [0, 0.05) is 10.3 Å². The summed E-state index contributed by atoms with van der Waals surface area (Å²) in [5.74, 6) is 0. The van der Waals surface area contributed by atoms with Gasteiger partial charge in [-0.25, -0.2) is 9.97 Å². The molecule has 2 aromatic heterocycles. The highest BCUT2D eigenvalue weighted by Crippen LogP contribution is 2.33. The van der Waals surface area contributed by atoms with Crippen LogP contribution in [0.3, 0.4) is 0 Å². The summed E-state index contributed by atoms with van der Waals surface area (Å²) in [4.78, 5) is 10.2. The summed E-state index contributed by atoms with van der Waals surface area (Å²) in [6.45, 7) is 10.8. The number of thiazole rings is 1. The summed E-state index contributed by atoms with van der Waals surface area (Å²) in [5.41, 5.74) is 2.24. The Morgan fingerprint density at radius 2 is 2.00 bits per heavy atom. The number of pyridine rings is 1. The highest BCUT2D eigenvalue weighted by Gasteiger charge is 2.22. The molecule has 0 aliphatic heterocycles. The quantitative estimate of drug-likeness (QED) is 0.781. The number of aryl methyl sites for hydroxylation is 1. The lowest BCUT2D eigenvalue weighted by Crippen LogP contribution is -2.10. The molecule has 108 valence electrons. The van der Waals surface area contributed by atoms with Crippen LogP contribution in [0.2, 0.25) is 0 Å². The second kappa shape index (κ2) is 5.82. The third-order valence-corrected chi connectivity index (χ3v) is 5.21. The fraction of sp³-hybridized carbons (Fsp3) is 0.467. The molecule has 0 aliphatic rings. The average molecular weight is 354 g/mol. The molecule has 0 aromatic carbocycles. The summed E-state index contributed by atoms with van der Waals surface area (Å²) < 4.78 is 0.847. The lowest BCUT2D eigenvalue weighted by Gasteiger charge is -2.15. The average Bonchev–Trinajstić information content (AvgIpc) is 2.74. The normalized spacial score (nSPS) is 13.3. The first-order chi connectivity index (χ1) is 9.27. The first-order valence-electron chi connectivity index (χ1n) is 6.63. The van der Waals surface area contributed by atoms with Gasteiger partial charge in [0.2, 0.25) is 0 Å². The van der Waals surface area contributed by atoms with Gasteiger partial charge in [-0.3, -0.25) is 0 Å². The van der Waals surface area contributed by atoms with E-state index < -0.39 is 0 Å². The Morgan fingerprint density at radius 1 is 1.30 bits per heavy atom. The fourth-order valence-electron chi connectivity index (χ4n) is 1.91. The molecule has 0 spiro atoms. The van der Waals surface area contributed by atoms with Gasteiger partial charge in [-0.2, -0.15) is 0 Å². The second-order valence-electron chi connectivity index (χ2n) is 5.95. The molecule has 5 heteroatoms. The van der Waals surface area contributed by atoms with Gasteiger partial charge in [0.05, 0.1) is 28.6 Å². The van der Waals surface area contributed by atoms with E-state index in [0.717, 1.165) is 16.0 Å². The van der Waals surface area contributed by atoms with Crippen LogP contribution in [0.1, 0.15) is 49.3 Å². The van der Waals surface area contributed by atoms with Crippen molar-refractivity contribution in [1.82, 2.24) is 9.97 Å². The van der Waals surface area contributed by atoms with Crippen molar-refractivity contribution in [3.8, 4) is 0 Å². The van der Waals surface area contributed by atoms with Crippen LogP contribution in [-0.2, 0) is 5.41 Å². The highest BCUT2D eigenvalue weighted by atomic mass is 79.9. The predicted octanol–water partition coefficient (Wildman–Crippen LogP) is 5.08. The van der Waals surface area contributed by atoms with E-state index in [9.17, 15) is 0 Å². The molecule has 3 nitrogen and oxygen atoms in total. The maximum atomic E-state index is 4.71. The van der Waals surface area contributed by atoms with Crippen molar-refractivity contribution < 1.29 is 0 Å². The monoisotopic (exact) mass is 353 g/mol. The lowest BCUT2D eigenvalue weighted by atomic mass is 9.98. The first kappa shape index (κ1) is 15.4. The minimum absolute atomic E-state index is 0.104. The Hall–Kier alpha value is -0.940. The Balaban J connectivity index is 2.19. The largest absolute Gasteiger partial charge is 0.376 e. The Morgan fingerprint density at radius 3 is 2.50 bits per heavy atom. The van der Waals surface area contributed by atoms with Crippen molar-refractivity contribution in [1.29, 1.82) is 0 Å². The summed E-state index contributed by atoms with van der Waals surface area (Å²) in [6.07, 6.45) is 1.83. The predicted molar refractivity (Wildman–Crippen MR) is 89.5 cm³/mol. The van der Waals surface area contributed by atoms with Crippen LogP contribution < -0.4 is 5.32 Å². The van der Waals surface area contributed by atoms with Crippen LogP contribution in [-0.4, -0.2) is 9.97 Å². The minimum atomic E-state index is 0.104. The minimum Gasteiger partial charge on any atom is -0.376 e. The SMILES string of the molecule is Cc1nc(C(C)(C)C)sc1C(C)Nc1ccc(Br)nc1. The first-order valence-corrected chi connectivity index (χ1v) is 8.24. The van der Waals surface area contributed by atoms with E-state index in [4.69, 9.17) is 4.98 Å². The van der Waals surface area contributed by atoms with Crippen LogP contribution in [0.25, 0.3) is 0 Å². The summed E-state index contributed by atoms with van der Waals surface area (Å²) in [5, 5.41) is 4.67. The molecule has 1 unspecified atom stereocenters. The van der Waals surface area contributed by atoms with Crippen molar-refractivity contribution in [2.24, 2.45) is 0 Å². The molecule has 0 saturated carbocycles. The molecule has 0 fully saturated rings. The van der Waals surface area contributed by atoms with Gasteiger partial charge in [0.25, 0.3) is 0 Å². The summed E-state index contributed by atoms with van der Waals surface area (Å²) in [7, 11) is 0. The molecule has 0 radical (unpaired) electrons. The number of hydrogen-bond acceptors (Lipinski definition) is 4. The van der Waals surface area contributed by atoms with Gasteiger partial charge in [-0.15, -0.1) is 11.3 Å². The van der Waals surface area contributed by atoms with Crippen LogP contribution in [0, 0.1) is 6.92 Å².